The molecule has 7 radical (unpaired) electrons. The van der Waals surface area contributed by atoms with Gasteiger partial charge in [-0.15, -0.1) is 23.3 Å². The molecule has 0 saturated heterocycles. The molecule has 2 aromatic heterocycles. The van der Waals surface area contributed by atoms with Crippen molar-refractivity contribution < 1.29 is 229 Å². The number of hydrogen-bond acceptors (Lipinski definition) is 2. The molecule has 231 valence electrons. The van der Waals surface area contributed by atoms with E-state index >= 15 is 0 Å². The maximum absolute atomic E-state index is 4.87. The maximum Gasteiger partial charge on any atom is 0.0965 e. The van der Waals surface area contributed by atoms with Gasteiger partial charge in [-0.05, 0) is 34.4 Å². The summed E-state index contributed by atoms with van der Waals surface area (Å²) < 4.78 is 0. The van der Waals surface area contributed by atoms with Gasteiger partial charge in [0.05, 0.1) is 11.0 Å². The minimum absolute atomic E-state index is 0. The number of fused-ring (bicyclic) bond motifs is 3. The van der Waals surface area contributed by atoms with Crippen molar-refractivity contribution >= 4 is 46.1 Å². The Balaban J connectivity index is 0.00000357. The monoisotopic (exact) mass is 1180 g/mol. The minimum atomic E-state index is 0. The van der Waals surface area contributed by atoms with Gasteiger partial charge in [0.15, 0.2) is 0 Å². The van der Waals surface area contributed by atoms with Crippen molar-refractivity contribution in [3.63, 3.8) is 0 Å². The smallest absolute Gasteiger partial charge is 0.0965 e. The topological polar surface area (TPSA) is 25.8 Å². The number of aromatic nitrogens is 2. The van der Waals surface area contributed by atoms with E-state index in [4.69, 9.17) is 9.97 Å². The molecular formula is C42H30N2Y7-2. The van der Waals surface area contributed by atoms with E-state index < -0.39 is 0 Å². The van der Waals surface area contributed by atoms with Gasteiger partial charge in [0.25, 0.3) is 0 Å². The van der Waals surface area contributed by atoms with Gasteiger partial charge in [0.2, 0.25) is 0 Å². The van der Waals surface area contributed by atoms with Crippen LogP contribution in [0.1, 0.15) is 33.4 Å². The van der Waals surface area contributed by atoms with Gasteiger partial charge in [0.1, 0.15) is 0 Å². The molecular weight excluding hydrogens is 1150 g/mol. The first-order valence-corrected chi connectivity index (χ1v) is 14.8. The van der Waals surface area contributed by atoms with Crippen LogP contribution in [-0.4, -0.2) is 9.97 Å². The Kier molecular flexibility index (Phi) is 27.3. The van der Waals surface area contributed by atoms with E-state index in [0.717, 1.165) is 77.4 Å². The zero-order valence-electron chi connectivity index (χ0n) is 28.8. The summed E-state index contributed by atoms with van der Waals surface area (Å²) in [7, 11) is 0. The summed E-state index contributed by atoms with van der Waals surface area (Å²) in [6, 6.07) is 44.8. The third-order valence-corrected chi connectivity index (χ3v) is 7.91. The van der Waals surface area contributed by atoms with Gasteiger partial charge < -0.3 is 0 Å². The van der Waals surface area contributed by atoms with Gasteiger partial charge in [-0.3, -0.25) is 9.97 Å². The summed E-state index contributed by atoms with van der Waals surface area (Å²) in [5, 5.41) is 2.16. The van der Waals surface area contributed by atoms with Crippen LogP contribution in [0.5, 0.6) is 0 Å². The molecule has 0 bridgehead atoms. The SMILES string of the molecule is Cc1[c-]cc(/C=C/c2ccc(-c3cnc4c(ccc5cc(-c6ccc(/C=C/c7c[c-]c(C)cc7)cc6)cnc54)c3)cc2)cc1.[Y].[Y].[Y].[Y].[Y].[Y].[Y]. The fraction of sp³-hybridized carbons (Fsp3) is 0.0476. The summed E-state index contributed by atoms with van der Waals surface area (Å²) in [6.07, 6.45) is 12.4. The number of pyridine rings is 2. The van der Waals surface area contributed by atoms with Crippen LogP contribution in [0.2, 0.25) is 0 Å². The van der Waals surface area contributed by atoms with Crippen molar-refractivity contribution in [1.82, 2.24) is 9.97 Å². The molecule has 2 heterocycles. The van der Waals surface area contributed by atoms with Crippen LogP contribution < -0.4 is 0 Å². The average Bonchev–Trinajstić information content (AvgIpc) is 3.07. The summed E-state index contributed by atoms with van der Waals surface area (Å²) in [5.74, 6) is 0. The zero-order valence-corrected chi connectivity index (χ0v) is 48.7. The van der Waals surface area contributed by atoms with Gasteiger partial charge >= 0.3 is 0 Å². The fourth-order valence-electron chi connectivity index (χ4n) is 5.30. The predicted molar refractivity (Wildman–Crippen MR) is 186 cm³/mol. The van der Waals surface area contributed by atoms with E-state index in [2.05, 4.69) is 147 Å². The largest absolute Gasteiger partial charge is 0.253 e. The molecule has 7 aromatic rings. The van der Waals surface area contributed by atoms with Crippen molar-refractivity contribution in [2.45, 2.75) is 13.8 Å². The van der Waals surface area contributed by atoms with Crippen LogP contribution in [0.4, 0.5) is 0 Å². The predicted octanol–water partition coefficient (Wildman–Crippen LogP) is 10.7. The summed E-state index contributed by atoms with van der Waals surface area (Å²) in [5.41, 5.74) is 13.2. The van der Waals surface area contributed by atoms with Crippen LogP contribution in [0.3, 0.4) is 0 Å². The zero-order chi connectivity index (χ0) is 29.9. The molecule has 0 aliphatic rings. The van der Waals surface area contributed by atoms with Crippen molar-refractivity contribution in [1.29, 1.82) is 0 Å². The van der Waals surface area contributed by atoms with E-state index in [-0.39, 0.29) is 229 Å². The second kappa shape index (κ2) is 26.2. The van der Waals surface area contributed by atoms with E-state index in [9.17, 15) is 0 Å². The summed E-state index contributed by atoms with van der Waals surface area (Å²) in [6.45, 7) is 4.10. The minimum Gasteiger partial charge on any atom is -0.253 e. The quantitative estimate of drug-likeness (QED) is 0.0942. The molecule has 0 amide bonds. The van der Waals surface area contributed by atoms with Crippen LogP contribution in [-0.2, 0) is 229 Å². The van der Waals surface area contributed by atoms with Gasteiger partial charge in [-0.25, -0.2) is 0 Å². The molecule has 7 rings (SSSR count). The van der Waals surface area contributed by atoms with Crippen LogP contribution in [0, 0.1) is 26.0 Å². The Bertz CT molecular complexity index is 2010. The Morgan fingerprint density at radius 3 is 1.06 bits per heavy atom. The van der Waals surface area contributed by atoms with Crippen molar-refractivity contribution in [3.8, 4) is 22.3 Å². The standard InChI is InChI=1S/C42H30N2.7Y/c1-29-3-7-31(8-4-29)11-13-33-15-19-35(20-16-33)39-25-37-23-24-38-26-40(28-44-42(38)41(37)43-27-39)36-21-17-34(18-22-36)14-12-32-9-5-30(2)6-10-32;;;;;;;/h3,5,7-28H,1-2H3;;;;;;;/q-2;;;;;;;/b13-11+,14-12+;;;;;;;. The molecule has 0 N–H and O–H groups in total. The molecule has 5 aromatic carbocycles. The Hall–Kier alpha value is 2.13. The third kappa shape index (κ3) is 14.5. The van der Waals surface area contributed by atoms with Gasteiger partial charge in [-0.1, -0.05) is 86.7 Å². The number of aryl methyl sites for hydroxylation is 2. The average molecular weight is 1190 g/mol. The summed E-state index contributed by atoms with van der Waals surface area (Å²) >= 11 is 0. The molecule has 0 aliphatic heterocycles. The fourth-order valence-corrected chi connectivity index (χ4v) is 5.30. The Morgan fingerprint density at radius 1 is 0.392 bits per heavy atom. The summed E-state index contributed by atoms with van der Waals surface area (Å²) in [4.78, 5) is 9.73. The normalized spacial score (nSPS) is 10.1. The first kappa shape index (κ1) is 53.1. The molecule has 0 atom stereocenters. The Labute approximate surface area is 478 Å². The molecule has 0 saturated carbocycles. The van der Waals surface area contributed by atoms with Crippen molar-refractivity contribution in [2.24, 2.45) is 0 Å². The van der Waals surface area contributed by atoms with E-state index in [1.165, 1.54) is 0 Å². The van der Waals surface area contributed by atoms with Crippen molar-refractivity contribution in [3.05, 3.63) is 167 Å². The molecule has 9 heteroatoms. The van der Waals surface area contributed by atoms with E-state index in [0.29, 0.717) is 0 Å². The first-order valence-electron chi connectivity index (χ1n) is 14.8. The molecule has 0 spiro atoms. The second-order valence-electron chi connectivity index (χ2n) is 11.2. The van der Waals surface area contributed by atoms with Gasteiger partial charge in [0, 0.05) is 263 Å². The Morgan fingerprint density at radius 2 is 0.725 bits per heavy atom. The van der Waals surface area contributed by atoms with Gasteiger partial charge in [-0.2, -0.15) is 59.7 Å². The molecule has 2 nitrogen and oxygen atoms in total. The first-order chi connectivity index (χ1) is 21.6. The number of rotatable bonds is 6. The second-order valence-corrected chi connectivity index (χ2v) is 11.2. The van der Waals surface area contributed by atoms with Crippen molar-refractivity contribution in [2.75, 3.05) is 0 Å². The molecule has 51 heavy (non-hydrogen) atoms. The molecule has 0 aliphatic carbocycles. The van der Waals surface area contributed by atoms with Crippen LogP contribution in [0.15, 0.2) is 122 Å². The number of nitrogens with zero attached hydrogens (tertiary/aromatic N) is 2. The van der Waals surface area contributed by atoms with E-state index in [1.807, 2.05) is 24.5 Å². The number of hydrogen-bond donors (Lipinski definition) is 0. The molecule has 0 fully saturated rings. The maximum atomic E-state index is 4.87. The number of benzene rings is 5. The van der Waals surface area contributed by atoms with Crippen LogP contribution >= 0.6 is 0 Å². The van der Waals surface area contributed by atoms with Crippen LogP contribution in [0.25, 0.3) is 68.4 Å². The third-order valence-electron chi connectivity index (χ3n) is 7.91. The van der Waals surface area contributed by atoms with E-state index in [1.54, 1.807) is 0 Å². The molecule has 0 unspecified atom stereocenters.